The summed E-state index contributed by atoms with van der Waals surface area (Å²) in [6.45, 7) is 2.69. The highest BCUT2D eigenvalue weighted by atomic mass is 16.5. The van der Waals surface area contributed by atoms with Gasteiger partial charge in [0.15, 0.2) is 0 Å². The second-order valence-corrected chi connectivity index (χ2v) is 11.0. The average Bonchev–Trinajstić information content (AvgIpc) is 3.40. The van der Waals surface area contributed by atoms with Crippen LogP contribution in [-0.2, 0) is 11.3 Å². The number of nitrogens with zero attached hydrogens (tertiary/aromatic N) is 4. The van der Waals surface area contributed by atoms with E-state index in [0.29, 0.717) is 22.3 Å². The highest BCUT2D eigenvalue weighted by Crippen LogP contribution is 2.33. The molecule has 0 bridgehead atoms. The van der Waals surface area contributed by atoms with Crippen LogP contribution in [0.5, 0.6) is 0 Å². The molecule has 1 aliphatic heterocycles. The lowest BCUT2D eigenvalue weighted by atomic mass is 10.0. The van der Waals surface area contributed by atoms with Crippen LogP contribution in [0.15, 0.2) is 102 Å². The minimum absolute atomic E-state index is 0.0246. The van der Waals surface area contributed by atoms with Crippen molar-refractivity contribution in [2.45, 2.75) is 25.4 Å². The third-order valence-electron chi connectivity index (χ3n) is 8.33. The third kappa shape index (κ3) is 5.10. The number of likely N-dealkylation sites (tertiary alicyclic amines) is 1. The smallest absolute Gasteiger partial charge is 0.340 e. The van der Waals surface area contributed by atoms with Crippen molar-refractivity contribution in [3.63, 3.8) is 0 Å². The Labute approximate surface area is 248 Å². The standard InChI is InChI=1S/C35H31N5O3/c1-43-34(41)27-10-7-12-29-33(27)38-32(24-8-3-2-4-9-24)31(36-29)25-16-14-23(15-17-25)22-39-20-18-26(19-21-39)40-30-13-6-5-11-28(30)37-35(40)42/h2-17,26H,18-22H2,1H3,(H,37,42). The number of benzene rings is 4. The number of carbonyl (C=O) groups is 1. The molecular formula is C35H31N5O3. The zero-order valence-corrected chi connectivity index (χ0v) is 23.9. The quantitative estimate of drug-likeness (QED) is 0.239. The van der Waals surface area contributed by atoms with E-state index in [0.717, 1.165) is 60.3 Å². The minimum atomic E-state index is -0.437. The number of aromatic nitrogens is 4. The van der Waals surface area contributed by atoms with E-state index >= 15 is 0 Å². The van der Waals surface area contributed by atoms with E-state index in [9.17, 15) is 9.59 Å². The number of imidazole rings is 1. The first-order valence-corrected chi connectivity index (χ1v) is 14.5. The summed E-state index contributed by atoms with van der Waals surface area (Å²) in [5.74, 6) is -0.437. The fraction of sp³-hybridized carbons (Fsp3) is 0.200. The lowest BCUT2D eigenvalue weighted by Gasteiger charge is -2.32. The summed E-state index contributed by atoms with van der Waals surface area (Å²) in [5.41, 5.74) is 7.98. The average molecular weight is 570 g/mol. The lowest BCUT2D eigenvalue weighted by molar-refractivity contribution is 0.0602. The Morgan fingerprint density at radius 3 is 2.30 bits per heavy atom. The molecule has 0 aliphatic carbocycles. The van der Waals surface area contributed by atoms with Crippen molar-refractivity contribution in [3.8, 4) is 22.5 Å². The second-order valence-electron chi connectivity index (χ2n) is 11.0. The zero-order chi connectivity index (χ0) is 29.3. The molecule has 1 saturated heterocycles. The van der Waals surface area contributed by atoms with E-state index in [1.807, 2.05) is 65.2 Å². The van der Waals surface area contributed by atoms with Gasteiger partial charge in [-0.3, -0.25) is 9.47 Å². The summed E-state index contributed by atoms with van der Waals surface area (Å²) < 4.78 is 6.94. The molecular weight excluding hydrogens is 538 g/mol. The first kappa shape index (κ1) is 26.8. The van der Waals surface area contributed by atoms with Gasteiger partial charge in [-0.15, -0.1) is 0 Å². The number of piperidine rings is 1. The van der Waals surface area contributed by atoms with E-state index in [1.54, 1.807) is 12.1 Å². The highest BCUT2D eigenvalue weighted by molar-refractivity contribution is 6.03. The van der Waals surface area contributed by atoms with Crippen molar-refractivity contribution in [1.82, 2.24) is 24.4 Å². The van der Waals surface area contributed by atoms with Crippen LogP contribution in [0.2, 0.25) is 0 Å². The Hall–Kier alpha value is -5.08. The summed E-state index contributed by atoms with van der Waals surface area (Å²) in [6.07, 6.45) is 1.86. The maximum Gasteiger partial charge on any atom is 0.340 e. The molecule has 0 saturated carbocycles. The largest absolute Gasteiger partial charge is 0.465 e. The number of hydrogen-bond donors (Lipinski definition) is 1. The predicted octanol–water partition coefficient (Wildman–Crippen LogP) is 6.23. The van der Waals surface area contributed by atoms with E-state index in [1.165, 1.54) is 12.7 Å². The van der Waals surface area contributed by atoms with Gasteiger partial charge in [0.25, 0.3) is 0 Å². The Balaban J connectivity index is 1.13. The fourth-order valence-corrected chi connectivity index (χ4v) is 6.15. The SMILES string of the molecule is COC(=O)c1cccc2nc(-c3ccc(CN4CCC(n5c(=O)[nH]c6ccccc65)CC4)cc3)c(-c3ccccc3)nc12. The van der Waals surface area contributed by atoms with Gasteiger partial charge in [-0.2, -0.15) is 0 Å². The number of carbonyl (C=O) groups excluding carboxylic acids is 1. The Kier molecular flexibility index (Phi) is 7.04. The molecule has 0 radical (unpaired) electrons. The number of aromatic amines is 1. The molecule has 7 rings (SSSR count). The Bertz CT molecular complexity index is 1990. The summed E-state index contributed by atoms with van der Waals surface area (Å²) in [5, 5.41) is 0. The maximum atomic E-state index is 12.7. The highest BCUT2D eigenvalue weighted by Gasteiger charge is 2.24. The number of fused-ring (bicyclic) bond motifs is 2. The predicted molar refractivity (Wildman–Crippen MR) is 168 cm³/mol. The molecule has 214 valence electrons. The molecule has 3 heterocycles. The minimum Gasteiger partial charge on any atom is -0.465 e. The molecule has 1 aliphatic rings. The molecule has 0 spiro atoms. The summed E-state index contributed by atoms with van der Waals surface area (Å²) in [4.78, 5) is 40.5. The number of rotatable bonds is 6. The van der Waals surface area contributed by atoms with Crippen LogP contribution in [0, 0.1) is 0 Å². The third-order valence-corrected chi connectivity index (χ3v) is 8.33. The van der Waals surface area contributed by atoms with E-state index in [-0.39, 0.29) is 11.7 Å². The lowest BCUT2D eigenvalue weighted by Crippen LogP contribution is -2.36. The van der Waals surface area contributed by atoms with Gasteiger partial charge in [-0.1, -0.05) is 72.8 Å². The molecule has 2 aromatic heterocycles. The normalized spacial score (nSPS) is 14.3. The Morgan fingerprint density at radius 2 is 1.53 bits per heavy atom. The monoisotopic (exact) mass is 569 g/mol. The van der Waals surface area contributed by atoms with Crippen LogP contribution in [0.3, 0.4) is 0 Å². The molecule has 4 aromatic carbocycles. The van der Waals surface area contributed by atoms with E-state index < -0.39 is 5.97 Å². The van der Waals surface area contributed by atoms with Gasteiger partial charge in [-0.25, -0.2) is 19.6 Å². The van der Waals surface area contributed by atoms with Gasteiger partial charge in [-0.05, 0) is 42.7 Å². The van der Waals surface area contributed by atoms with Crippen LogP contribution >= 0.6 is 0 Å². The topological polar surface area (TPSA) is 93.1 Å². The fourth-order valence-electron chi connectivity index (χ4n) is 6.15. The molecule has 1 N–H and O–H groups in total. The second kappa shape index (κ2) is 11.3. The number of H-pyrrole nitrogens is 1. The zero-order valence-electron chi connectivity index (χ0n) is 23.9. The van der Waals surface area contributed by atoms with E-state index in [2.05, 4.69) is 34.1 Å². The molecule has 0 amide bonds. The number of nitrogens with one attached hydrogen (secondary N) is 1. The van der Waals surface area contributed by atoms with Crippen LogP contribution in [0.25, 0.3) is 44.6 Å². The maximum absolute atomic E-state index is 12.7. The van der Waals surface area contributed by atoms with Gasteiger partial charge in [0.1, 0.15) is 5.52 Å². The number of methoxy groups -OCH3 is 1. The van der Waals surface area contributed by atoms with Crippen molar-refractivity contribution in [2.24, 2.45) is 0 Å². The van der Waals surface area contributed by atoms with Gasteiger partial charge in [0, 0.05) is 36.8 Å². The van der Waals surface area contributed by atoms with Crippen LogP contribution in [0.4, 0.5) is 0 Å². The number of hydrogen-bond acceptors (Lipinski definition) is 6. The van der Waals surface area contributed by atoms with Crippen LogP contribution in [0.1, 0.15) is 34.8 Å². The molecule has 0 atom stereocenters. The van der Waals surface area contributed by atoms with Crippen molar-refractivity contribution in [3.05, 3.63) is 119 Å². The molecule has 43 heavy (non-hydrogen) atoms. The van der Waals surface area contributed by atoms with Gasteiger partial charge >= 0.3 is 11.7 Å². The van der Waals surface area contributed by atoms with Crippen molar-refractivity contribution < 1.29 is 9.53 Å². The first-order chi connectivity index (χ1) is 21.1. The van der Waals surface area contributed by atoms with Crippen LogP contribution < -0.4 is 5.69 Å². The summed E-state index contributed by atoms with van der Waals surface area (Å²) >= 11 is 0. The molecule has 8 nitrogen and oxygen atoms in total. The van der Waals surface area contributed by atoms with Crippen molar-refractivity contribution in [2.75, 3.05) is 20.2 Å². The van der Waals surface area contributed by atoms with Gasteiger partial charge < -0.3 is 9.72 Å². The Morgan fingerprint density at radius 1 is 0.837 bits per heavy atom. The first-order valence-electron chi connectivity index (χ1n) is 14.5. The summed E-state index contributed by atoms with van der Waals surface area (Å²) in [7, 11) is 1.37. The van der Waals surface area contributed by atoms with Crippen molar-refractivity contribution in [1.29, 1.82) is 0 Å². The summed E-state index contributed by atoms with van der Waals surface area (Å²) in [6, 6.07) is 31.9. The molecule has 1 fully saturated rings. The van der Waals surface area contributed by atoms with Crippen molar-refractivity contribution >= 4 is 28.0 Å². The molecule has 8 heteroatoms. The molecule has 0 unspecified atom stereocenters. The number of esters is 1. The van der Waals surface area contributed by atoms with Crippen LogP contribution in [-0.4, -0.2) is 50.6 Å². The van der Waals surface area contributed by atoms with Gasteiger partial charge in [0.05, 0.1) is 40.6 Å². The number of para-hydroxylation sites is 3. The number of ether oxygens (including phenoxy) is 1. The van der Waals surface area contributed by atoms with Gasteiger partial charge in [0.2, 0.25) is 0 Å². The van der Waals surface area contributed by atoms with E-state index in [4.69, 9.17) is 14.7 Å². The molecule has 6 aromatic rings.